The molecule has 1 aliphatic heterocycles. The molecule has 8 nitrogen and oxygen atoms in total. The summed E-state index contributed by atoms with van der Waals surface area (Å²) in [6, 6.07) is 14.9. The zero-order chi connectivity index (χ0) is 23.7. The van der Waals surface area contributed by atoms with Gasteiger partial charge in [-0.05, 0) is 74.5 Å². The lowest BCUT2D eigenvalue weighted by molar-refractivity contribution is -0.137. The van der Waals surface area contributed by atoms with Crippen molar-refractivity contribution in [3.63, 3.8) is 0 Å². The summed E-state index contributed by atoms with van der Waals surface area (Å²) in [5, 5.41) is 2.85. The van der Waals surface area contributed by atoms with Crippen LogP contribution in [0.15, 0.2) is 48.5 Å². The van der Waals surface area contributed by atoms with Gasteiger partial charge < -0.3 is 29.4 Å². The molecule has 0 spiro atoms. The largest absolute Gasteiger partial charge is 0.462 e. The molecule has 0 saturated carbocycles. The number of esters is 2. The molecule has 0 fully saturated rings. The number of hydrogen-bond acceptors (Lipinski definition) is 4. The molecule has 4 aromatic heterocycles. The van der Waals surface area contributed by atoms with Gasteiger partial charge in [0.2, 0.25) is 0 Å². The fourth-order valence-electron chi connectivity index (χ4n) is 4.04. The summed E-state index contributed by atoms with van der Waals surface area (Å²) in [6.45, 7) is 4.11. The third-order valence-electron chi connectivity index (χ3n) is 5.49. The van der Waals surface area contributed by atoms with Crippen LogP contribution in [0.25, 0.3) is 23.3 Å². The second-order valence-electron chi connectivity index (χ2n) is 7.79. The van der Waals surface area contributed by atoms with Crippen molar-refractivity contribution in [2.24, 2.45) is 0 Å². The molecule has 8 heteroatoms. The van der Waals surface area contributed by atoms with Crippen molar-refractivity contribution in [3.05, 3.63) is 92.7 Å². The van der Waals surface area contributed by atoms with Gasteiger partial charge in [-0.15, -0.1) is 0 Å². The van der Waals surface area contributed by atoms with Crippen LogP contribution in [0.4, 0.5) is 0 Å². The summed E-state index contributed by atoms with van der Waals surface area (Å²) in [4.78, 5) is 38.8. The standard InChI is InChI=1S/C26H24N4O4/c1-3-33-25(31)23-19-9-5-15(27-19)13-17-7-11-21(29-17)24(26(32)34-4-2)22-12-8-18(30-22)14-16-6-10-20(23)28-16/h5-14,27-30H,3-4H2,1-2H3. The molecule has 0 unspecified atom stereocenters. The van der Waals surface area contributed by atoms with E-state index in [0.717, 1.165) is 22.1 Å². The second-order valence-corrected chi connectivity index (χ2v) is 7.79. The number of hydrogen-bond donors (Lipinski definition) is 4. The SMILES string of the molecule is CCOC(=O)C1=c2ccc([nH]2)=Cc2ccc([nH]2)C(C(=O)OCC)=c2ccc([nH]2)=Cc2ccc1[nH]2. The maximum atomic E-state index is 12.8. The Morgan fingerprint density at radius 3 is 1.47 bits per heavy atom. The summed E-state index contributed by atoms with van der Waals surface area (Å²) >= 11 is 0. The molecule has 0 aliphatic carbocycles. The van der Waals surface area contributed by atoms with Gasteiger partial charge in [0, 0.05) is 22.1 Å². The van der Waals surface area contributed by atoms with Crippen molar-refractivity contribution in [2.45, 2.75) is 13.8 Å². The average Bonchev–Trinajstić information content (AvgIpc) is 3.60. The Balaban J connectivity index is 1.80. The monoisotopic (exact) mass is 456 g/mol. The van der Waals surface area contributed by atoms with E-state index in [1.54, 1.807) is 13.8 Å². The molecule has 5 heterocycles. The van der Waals surface area contributed by atoms with Crippen LogP contribution in [0.2, 0.25) is 0 Å². The predicted molar refractivity (Wildman–Crippen MR) is 127 cm³/mol. The van der Waals surface area contributed by atoms with E-state index in [1.807, 2.05) is 60.7 Å². The van der Waals surface area contributed by atoms with Crippen LogP contribution < -0.4 is 21.4 Å². The highest BCUT2D eigenvalue weighted by Gasteiger charge is 2.18. The topological polar surface area (TPSA) is 116 Å². The van der Waals surface area contributed by atoms with Gasteiger partial charge in [-0.25, -0.2) is 9.59 Å². The van der Waals surface area contributed by atoms with Crippen LogP contribution in [-0.2, 0) is 19.1 Å². The third-order valence-corrected chi connectivity index (χ3v) is 5.49. The molecule has 0 amide bonds. The van der Waals surface area contributed by atoms with Crippen LogP contribution in [-0.4, -0.2) is 45.1 Å². The van der Waals surface area contributed by atoms with E-state index in [1.165, 1.54) is 0 Å². The number of nitrogens with one attached hydrogen (secondary N) is 4. The lowest BCUT2D eigenvalue weighted by Gasteiger charge is -2.05. The van der Waals surface area contributed by atoms with Crippen molar-refractivity contribution in [2.75, 3.05) is 13.2 Å². The lowest BCUT2D eigenvalue weighted by Crippen LogP contribution is -2.21. The van der Waals surface area contributed by atoms with Gasteiger partial charge in [0.25, 0.3) is 0 Å². The normalized spacial score (nSPS) is 12.6. The second kappa shape index (κ2) is 8.82. The van der Waals surface area contributed by atoms with Gasteiger partial charge in [0.15, 0.2) is 0 Å². The summed E-state index contributed by atoms with van der Waals surface area (Å²) in [5.41, 5.74) is 3.69. The minimum Gasteiger partial charge on any atom is -0.462 e. The molecule has 0 atom stereocenters. The van der Waals surface area contributed by atoms with Crippen molar-refractivity contribution < 1.29 is 19.1 Å². The van der Waals surface area contributed by atoms with Gasteiger partial charge in [0.05, 0.1) is 35.3 Å². The number of carbonyl (C=O) groups is 2. The van der Waals surface area contributed by atoms with Crippen LogP contribution in [0.1, 0.15) is 36.6 Å². The average molecular weight is 457 g/mol. The molecule has 5 rings (SSSR count). The Labute approximate surface area is 194 Å². The van der Waals surface area contributed by atoms with Gasteiger partial charge in [-0.3, -0.25) is 0 Å². The summed E-state index contributed by atoms with van der Waals surface area (Å²) in [5.74, 6) is -0.827. The van der Waals surface area contributed by atoms with Gasteiger partial charge >= 0.3 is 11.9 Å². The molecule has 8 bridgehead atoms. The number of rotatable bonds is 4. The Kier molecular flexibility index (Phi) is 5.55. The smallest absolute Gasteiger partial charge is 0.342 e. The van der Waals surface area contributed by atoms with Crippen LogP contribution in [0, 0.1) is 0 Å². The third kappa shape index (κ3) is 4.01. The highest BCUT2D eigenvalue weighted by molar-refractivity contribution is 6.15. The predicted octanol–water partition coefficient (Wildman–Crippen LogP) is 0.494. The lowest BCUT2D eigenvalue weighted by atomic mass is 10.2. The van der Waals surface area contributed by atoms with E-state index in [2.05, 4.69) is 19.9 Å². The molecular formula is C26H24N4O4. The minimum atomic E-state index is -0.414. The molecule has 0 saturated heterocycles. The molecule has 34 heavy (non-hydrogen) atoms. The number of aromatic nitrogens is 4. The maximum Gasteiger partial charge on any atom is 0.342 e. The van der Waals surface area contributed by atoms with Crippen molar-refractivity contribution in [3.8, 4) is 0 Å². The van der Waals surface area contributed by atoms with Gasteiger partial charge in [0.1, 0.15) is 11.1 Å². The van der Waals surface area contributed by atoms with Crippen molar-refractivity contribution >= 4 is 35.2 Å². The highest BCUT2D eigenvalue weighted by Crippen LogP contribution is 2.15. The van der Waals surface area contributed by atoms with E-state index in [9.17, 15) is 9.59 Å². The first-order chi connectivity index (χ1) is 16.6. The van der Waals surface area contributed by atoms with E-state index in [-0.39, 0.29) is 13.2 Å². The molecule has 0 aromatic carbocycles. The van der Waals surface area contributed by atoms with Crippen molar-refractivity contribution in [1.82, 2.24) is 19.9 Å². The van der Waals surface area contributed by atoms with E-state index < -0.39 is 11.9 Å². The molecule has 4 N–H and O–H groups in total. The number of fused-ring (bicyclic) bond motifs is 8. The summed E-state index contributed by atoms with van der Waals surface area (Å²) < 4.78 is 10.7. The van der Waals surface area contributed by atoms with E-state index in [0.29, 0.717) is 33.2 Å². The Morgan fingerprint density at radius 1 is 0.618 bits per heavy atom. The first kappa shape index (κ1) is 21.4. The highest BCUT2D eigenvalue weighted by atomic mass is 16.5. The summed E-state index contributed by atoms with van der Waals surface area (Å²) in [7, 11) is 0. The van der Waals surface area contributed by atoms with E-state index >= 15 is 0 Å². The molecular weight excluding hydrogens is 432 g/mol. The van der Waals surface area contributed by atoms with Crippen molar-refractivity contribution in [1.29, 1.82) is 0 Å². The maximum absolute atomic E-state index is 12.8. The zero-order valence-electron chi connectivity index (χ0n) is 18.8. The Morgan fingerprint density at radius 2 is 1.06 bits per heavy atom. The number of aromatic amines is 4. The minimum absolute atomic E-state index is 0.275. The van der Waals surface area contributed by atoms with E-state index in [4.69, 9.17) is 9.47 Å². The fourth-order valence-corrected chi connectivity index (χ4v) is 4.04. The Bertz CT molecular complexity index is 1500. The van der Waals surface area contributed by atoms with Gasteiger partial charge in [-0.2, -0.15) is 0 Å². The number of carbonyl (C=O) groups excluding carboxylic acids is 2. The number of H-pyrrole nitrogens is 4. The molecule has 1 aliphatic rings. The van der Waals surface area contributed by atoms with Crippen LogP contribution in [0.5, 0.6) is 0 Å². The zero-order valence-corrected chi connectivity index (χ0v) is 18.8. The fraction of sp³-hybridized carbons (Fsp3) is 0.154. The Hall–Kier alpha value is -4.46. The molecule has 4 aromatic rings. The van der Waals surface area contributed by atoms with Crippen LogP contribution >= 0.6 is 0 Å². The molecule has 0 radical (unpaired) electrons. The summed E-state index contributed by atoms with van der Waals surface area (Å²) in [6.07, 6.45) is 3.80. The number of ether oxygens (including phenoxy) is 2. The quantitative estimate of drug-likeness (QED) is 0.335. The first-order valence-electron chi connectivity index (χ1n) is 11.1. The van der Waals surface area contributed by atoms with Crippen LogP contribution in [0.3, 0.4) is 0 Å². The molecule has 172 valence electrons. The first-order valence-corrected chi connectivity index (χ1v) is 11.1. The van der Waals surface area contributed by atoms with Gasteiger partial charge in [-0.1, -0.05) is 0 Å².